The molecule has 0 spiro atoms. The van der Waals surface area contributed by atoms with E-state index in [9.17, 15) is 5.21 Å². The first-order chi connectivity index (χ1) is 11.9. The highest BCUT2D eigenvalue weighted by molar-refractivity contribution is 5.86. The molecular formula is C15H22Cl2N4O6. The molecule has 0 aliphatic carbocycles. The van der Waals surface area contributed by atoms with Gasteiger partial charge in [-0.2, -0.15) is 5.06 Å². The van der Waals surface area contributed by atoms with Crippen molar-refractivity contribution >= 4 is 41.5 Å². The van der Waals surface area contributed by atoms with E-state index in [-0.39, 0.29) is 24.8 Å². The molecule has 152 valence electrons. The number of ether oxygens (including phenoxy) is 2. The monoisotopic (exact) mass is 424 g/mol. The van der Waals surface area contributed by atoms with E-state index in [2.05, 4.69) is 4.90 Å². The maximum absolute atomic E-state index is 9.43. The van der Waals surface area contributed by atoms with E-state index in [4.69, 9.17) is 29.8 Å². The van der Waals surface area contributed by atoms with Gasteiger partial charge < -0.3 is 24.8 Å². The summed E-state index contributed by atoms with van der Waals surface area (Å²) in [5.74, 6) is 2.30. The molecule has 1 saturated heterocycles. The van der Waals surface area contributed by atoms with E-state index in [0.29, 0.717) is 24.6 Å². The van der Waals surface area contributed by atoms with E-state index >= 15 is 0 Å². The Balaban J connectivity index is 0.00000103. The molecule has 10 nitrogen and oxygen atoms in total. The number of aromatic nitrogens is 1. The molecule has 0 unspecified atom stereocenters. The molecule has 2 N–H and O–H groups in total. The third-order valence-corrected chi connectivity index (χ3v) is 3.76. The fourth-order valence-corrected chi connectivity index (χ4v) is 2.54. The van der Waals surface area contributed by atoms with E-state index in [1.807, 2.05) is 24.3 Å². The van der Waals surface area contributed by atoms with Crippen molar-refractivity contribution in [3.05, 3.63) is 34.4 Å². The highest BCUT2D eigenvalue weighted by atomic mass is 35.5. The number of hydrogen-bond donors (Lipinski definition) is 2. The lowest BCUT2D eigenvalue weighted by Gasteiger charge is -2.32. The number of rotatable bonds is 3. The minimum absolute atomic E-state index is 0. The topological polar surface area (TPSA) is 121 Å². The van der Waals surface area contributed by atoms with Gasteiger partial charge in [0.25, 0.3) is 5.09 Å². The van der Waals surface area contributed by atoms with Crippen molar-refractivity contribution in [2.75, 3.05) is 45.3 Å². The Morgan fingerprint density at radius 2 is 1.59 bits per heavy atom. The first-order valence-electron chi connectivity index (χ1n) is 7.49. The van der Waals surface area contributed by atoms with Gasteiger partial charge >= 0.3 is 0 Å². The molecular weight excluding hydrogens is 403 g/mol. The fraction of sp³-hybridized carbons (Fsp3) is 0.400. The number of halogens is 2. The van der Waals surface area contributed by atoms with Gasteiger partial charge in [-0.1, -0.05) is 0 Å². The Kier molecular flexibility index (Phi) is 10.5. The first kappa shape index (κ1) is 24.7. The Labute approximate surface area is 168 Å². The van der Waals surface area contributed by atoms with Crippen LogP contribution in [0.4, 0.5) is 5.82 Å². The summed E-state index contributed by atoms with van der Waals surface area (Å²) in [5.41, 5.74) is 0.872. The summed E-state index contributed by atoms with van der Waals surface area (Å²) < 4.78 is 10.6. The molecule has 0 atom stereocenters. The normalized spacial score (nSPS) is 13.5. The number of hydrogen-bond acceptors (Lipinski definition) is 8. The third-order valence-electron chi connectivity index (χ3n) is 3.76. The van der Waals surface area contributed by atoms with Crippen LogP contribution >= 0.6 is 24.8 Å². The van der Waals surface area contributed by atoms with Crippen LogP contribution in [0.5, 0.6) is 11.5 Å². The van der Waals surface area contributed by atoms with Crippen molar-refractivity contribution in [1.82, 2.24) is 10.0 Å². The zero-order valence-electron chi connectivity index (χ0n) is 14.8. The van der Waals surface area contributed by atoms with E-state index in [1.165, 1.54) is 5.06 Å². The van der Waals surface area contributed by atoms with Gasteiger partial charge in [0.1, 0.15) is 5.82 Å². The van der Waals surface area contributed by atoms with Gasteiger partial charge in [0.15, 0.2) is 11.5 Å². The van der Waals surface area contributed by atoms with E-state index in [1.54, 1.807) is 14.2 Å². The van der Waals surface area contributed by atoms with Crippen LogP contribution in [-0.4, -0.2) is 65.9 Å². The summed E-state index contributed by atoms with van der Waals surface area (Å²) in [5, 5.41) is 25.4. The SMILES string of the molecule is COc1cc2ccc(N3CCN(O)CC3)nc2cc1OC.Cl.Cl.O=[N+]([O-])O. The minimum Gasteiger partial charge on any atom is -0.493 e. The summed E-state index contributed by atoms with van der Waals surface area (Å²) in [6, 6.07) is 7.85. The lowest BCUT2D eigenvalue weighted by atomic mass is 10.2. The van der Waals surface area contributed by atoms with Crippen LogP contribution in [0.15, 0.2) is 24.3 Å². The van der Waals surface area contributed by atoms with Gasteiger partial charge in [-0.3, -0.25) is 0 Å². The highest BCUT2D eigenvalue weighted by Gasteiger charge is 2.17. The number of fused-ring (bicyclic) bond motifs is 1. The molecule has 2 heterocycles. The van der Waals surface area contributed by atoms with E-state index < -0.39 is 5.09 Å². The van der Waals surface area contributed by atoms with Crippen LogP contribution in [0.2, 0.25) is 0 Å². The zero-order valence-corrected chi connectivity index (χ0v) is 16.4. The highest BCUT2D eigenvalue weighted by Crippen LogP contribution is 2.32. The molecule has 1 aromatic carbocycles. The quantitative estimate of drug-likeness (QED) is 0.563. The van der Waals surface area contributed by atoms with Crippen molar-refractivity contribution in [3.63, 3.8) is 0 Å². The molecule has 3 rings (SSSR count). The number of benzene rings is 1. The summed E-state index contributed by atoms with van der Waals surface area (Å²) in [6.45, 7) is 2.79. The lowest BCUT2D eigenvalue weighted by Crippen LogP contribution is -2.45. The molecule has 1 aliphatic heterocycles. The molecule has 12 heteroatoms. The van der Waals surface area contributed by atoms with Crippen LogP contribution in [-0.2, 0) is 0 Å². The second-order valence-electron chi connectivity index (χ2n) is 5.25. The molecule has 0 amide bonds. The standard InChI is InChI=1S/C15H19N3O3.2ClH.HNO3/c1-20-13-9-11-3-4-15(16-12(11)10-14(13)21-2)17-5-7-18(19)8-6-17;;;2-1(3)4/h3-4,9-10,19H,5-8H2,1-2H3;2*1H;(H,2,3,4). The largest absolute Gasteiger partial charge is 0.493 e. The second-order valence-corrected chi connectivity index (χ2v) is 5.25. The molecule has 1 fully saturated rings. The summed E-state index contributed by atoms with van der Waals surface area (Å²) in [6.07, 6.45) is 0. The molecule has 2 aromatic rings. The molecule has 27 heavy (non-hydrogen) atoms. The zero-order chi connectivity index (χ0) is 18.4. The van der Waals surface area contributed by atoms with Crippen LogP contribution < -0.4 is 14.4 Å². The summed E-state index contributed by atoms with van der Waals surface area (Å²) in [7, 11) is 3.24. The minimum atomic E-state index is -1.50. The number of hydroxylamine groups is 2. The average Bonchev–Trinajstić information content (AvgIpc) is 2.60. The Morgan fingerprint density at radius 3 is 2.11 bits per heavy atom. The first-order valence-corrected chi connectivity index (χ1v) is 7.49. The lowest BCUT2D eigenvalue weighted by molar-refractivity contribution is -0.742. The van der Waals surface area contributed by atoms with Crippen molar-refractivity contribution < 1.29 is 25.0 Å². The Bertz CT molecular complexity index is 740. The number of methoxy groups -OCH3 is 2. The molecule has 0 saturated carbocycles. The van der Waals surface area contributed by atoms with Crippen molar-refractivity contribution in [1.29, 1.82) is 0 Å². The van der Waals surface area contributed by atoms with Crippen LogP contribution in [0.25, 0.3) is 10.9 Å². The maximum atomic E-state index is 9.43. The average molecular weight is 425 g/mol. The Morgan fingerprint density at radius 1 is 1.07 bits per heavy atom. The molecule has 0 radical (unpaired) electrons. The second kappa shape index (κ2) is 11.4. The van der Waals surface area contributed by atoms with Crippen LogP contribution in [0.1, 0.15) is 0 Å². The predicted octanol–water partition coefficient (Wildman–Crippen LogP) is 2.26. The van der Waals surface area contributed by atoms with Crippen molar-refractivity contribution in [3.8, 4) is 11.5 Å². The Hall–Kier alpha value is -2.27. The molecule has 1 aliphatic rings. The van der Waals surface area contributed by atoms with Gasteiger partial charge in [-0.25, -0.2) is 4.98 Å². The fourth-order valence-electron chi connectivity index (χ4n) is 2.54. The predicted molar refractivity (Wildman–Crippen MR) is 104 cm³/mol. The number of piperazine rings is 1. The summed E-state index contributed by atoms with van der Waals surface area (Å²) >= 11 is 0. The van der Waals surface area contributed by atoms with Gasteiger partial charge in [0.05, 0.1) is 19.7 Å². The number of anilines is 1. The van der Waals surface area contributed by atoms with Gasteiger partial charge in [-0.15, -0.1) is 34.9 Å². The number of nitrogens with zero attached hydrogens (tertiary/aromatic N) is 4. The third kappa shape index (κ3) is 6.75. The molecule has 0 bridgehead atoms. The van der Waals surface area contributed by atoms with Crippen LogP contribution in [0, 0.1) is 10.1 Å². The van der Waals surface area contributed by atoms with Crippen LogP contribution in [0.3, 0.4) is 0 Å². The van der Waals surface area contributed by atoms with Gasteiger partial charge in [-0.05, 0) is 18.2 Å². The van der Waals surface area contributed by atoms with Gasteiger partial charge in [0.2, 0.25) is 0 Å². The maximum Gasteiger partial charge on any atom is 0.291 e. The van der Waals surface area contributed by atoms with Gasteiger partial charge in [0, 0.05) is 37.6 Å². The summed E-state index contributed by atoms with van der Waals surface area (Å²) in [4.78, 5) is 15.2. The molecule has 1 aromatic heterocycles. The number of pyridine rings is 1. The van der Waals surface area contributed by atoms with Crippen molar-refractivity contribution in [2.24, 2.45) is 0 Å². The van der Waals surface area contributed by atoms with Crippen molar-refractivity contribution in [2.45, 2.75) is 0 Å². The van der Waals surface area contributed by atoms with E-state index in [0.717, 1.165) is 29.8 Å². The smallest absolute Gasteiger partial charge is 0.291 e.